The third kappa shape index (κ3) is 6.00. The maximum atomic E-state index is 14.7. The lowest BCUT2D eigenvalue weighted by atomic mass is 9.99. The highest BCUT2D eigenvalue weighted by molar-refractivity contribution is 7.13. The number of pyridine rings is 1. The number of nitrogens with zero attached hydrogens (tertiary/aromatic N) is 3. The van der Waals surface area contributed by atoms with Gasteiger partial charge >= 0.3 is 0 Å². The number of nitrogens with one attached hydrogen (secondary N) is 1. The average Bonchev–Trinajstić information content (AvgIpc) is 3.47. The van der Waals surface area contributed by atoms with E-state index in [0.29, 0.717) is 39.9 Å². The number of hydrogen-bond acceptors (Lipinski definition) is 5. The molecule has 5 rings (SSSR count). The van der Waals surface area contributed by atoms with Crippen molar-refractivity contribution < 1.29 is 4.79 Å². The first-order chi connectivity index (χ1) is 20.2. The van der Waals surface area contributed by atoms with E-state index < -0.39 is 0 Å². The van der Waals surface area contributed by atoms with Gasteiger partial charge in [0.2, 0.25) is 0 Å². The van der Waals surface area contributed by atoms with E-state index in [2.05, 4.69) is 38.2 Å². The summed E-state index contributed by atoms with van der Waals surface area (Å²) in [6, 6.07) is 15.6. The van der Waals surface area contributed by atoms with Crippen molar-refractivity contribution in [3.63, 3.8) is 0 Å². The smallest absolute Gasteiger partial charge is 0.265 e. The van der Waals surface area contributed by atoms with Crippen LogP contribution in [0.1, 0.15) is 61.8 Å². The van der Waals surface area contributed by atoms with Crippen molar-refractivity contribution >= 4 is 34.9 Å². The summed E-state index contributed by atoms with van der Waals surface area (Å²) in [5, 5.41) is 6.60. The Morgan fingerprint density at radius 2 is 1.81 bits per heavy atom. The molecule has 8 heteroatoms. The molecule has 1 atom stereocenters. The van der Waals surface area contributed by atoms with E-state index in [1.54, 1.807) is 10.6 Å². The summed E-state index contributed by atoms with van der Waals surface area (Å²) in [5.41, 5.74) is 7.03. The first kappa shape index (κ1) is 30.0. The molecule has 0 saturated carbocycles. The number of aromatic nitrogens is 2. The Morgan fingerprint density at radius 3 is 2.43 bits per heavy atom. The molecule has 1 aliphatic heterocycles. The summed E-state index contributed by atoms with van der Waals surface area (Å²) >= 11 is 7.52. The first-order valence-electron chi connectivity index (χ1n) is 14.5. The van der Waals surface area contributed by atoms with Gasteiger partial charge in [-0.25, -0.2) is 4.98 Å². The fourth-order valence-corrected chi connectivity index (χ4v) is 6.49. The van der Waals surface area contributed by atoms with Gasteiger partial charge in [0.15, 0.2) is 0 Å². The zero-order chi connectivity index (χ0) is 30.0. The van der Waals surface area contributed by atoms with Crippen LogP contribution in [0.3, 0.4) is 0 Å². The Hall–Kier alpha value is -3.52. The summed E-state index contributed by atoms with van der Waals surface area (Å²) < 4.78 is 1.78. The van der Waals surface area contributed by atoms with E-state index >= 15 is 0 Å². The molecule has 0 bridgehead atoms. The number of carbonyl (C=O) groups is 1. The molecule has 1 amide bonds. The molecule has 2 aromatic carbocycles. The molecule has 1 fully saturated rings. The van der Waals surface area contributed by atoms with Crippen LogP contribution in [0.2, 0.25) is 5.02 Å². The molecule has 1 aliphatic rings. The van der Waals surface area contributed by atoms with Crippen LogP contribution in [0.15, 0.2) is 64.3 Å². The van der Waals surface area contributed by atoms with Gasteiger partial charge < -0.3 is 10.2 Å². The minimum atomic E-state index is -0.180. The van der Waals surface area contributed by atoms with Gasteiger partial charge in [-0.15, -0.1) is 11.3 Å². The Labute approximate surface area is 256 Å². The Kier molecular flexibility index (Phi) is 9.11. The second-order valence-corrected chi connectivity index (χ2v) is 12.3. The van der Waals surface area contributed by atoms with Gasteiger partial charge in [-0.1, -0.05) is 61.4 Å². The second-order valence-electron chi connectivity index (χ2n) is 11.0. The van der Waals surface area contributed by atoms with Crippen molar-refractivity contribution in [3.05, 3.63) is 97.2 Å². The van der Waals surface area contributed by atoms with Crippen LogP contribution in [-0.2, 0) is 12.8 Å². The average molecular weight is 601 g/mol. The number of thiazole rings is 1. The third-order valence-corrected chi connectivity index (χ3v) is 8.74. The fraction of sp³-hybridized carbons (Fsp3) is 0.324. The van der Waals surface area contributed by atoms with Crippen molar-refractivity contribution in [2.45, 2.75) is 53.5 Å². The van der Waals surface area contributed by atoms with Gasteiger partial charge in [0.25, 0.3) is 11.5 Å². The van der Waals surface area contributed by atoms with Crippen LogP contribution in [0, 0.1) is 0 Å². The van der Waals surface area contributed by atoms with Crippen molar-refractivity contribution in [1.82, 2.24) is 19.8 Å². The molecule has 42 heavy (non-hydrogen) atoms. The van der Waals surface area contributed by atoms with Crippen molar-refractivity contribution in [3.8, 4) is 27.5 Å². The molecule has 0 unspecified atom stereocenters. The molecule has 0 spiro atoms. The van der Waals surface area contributed by atoms with Crippen molar-refractivity contribution in [2.75, 3.05) is 19.6 Å². The molecular formula is C34H37ClN4O2S. The number of hydrogen-bond donors (Lipinski definition) is 1. The van der Waals surface area contributed by atoms with E-state index in [4.69, 9.17) is 16.6 Å². The van der Waals surface area contributed by atoms with Crippen molar-refractivity contribution in [2.24, 2.45) is 0 Å². The van der Waals surface area contributed by atoms with E-state index in [1.807, 2.05) is 60.5 Å². The molecule has 0 radical (unpaired) electrons. The predicted octanol–water partition coefficient (Wildman–Crippen LogP) is 7.26. The highest BCUT2D eigenvalue weighted by Crippen LogP contribution is 2.32. The number of aryl methyl sites for hydroxylation is 2. The molecule has 4 aromatic rings. The summed E-state index contributed by atoms with van der Waals surface area (Å²) in [5.74, 6) is -0.0765. The van der Waals surface area contributed by atoms with E-state index in [1.165, 1.54) is 11.3 Å². The molecule has 1 N–H and O–H groups in total. The number of halogens is 1. The lowest BCUT2D eigenvalue weighted by Gasteiger charge is -2.32. The van der Waals surface area contributed by atoms with Gasteiger partial charge in [-0.2, -0.15) is 0 Å². The predicted molar refractivity (Wildman–Crippen MR) is 175 cm³/mol. The van der Waals surface area contributed by atoms with Gasteiger partial charge in [-0.05, 0) is 69.0 Å². The van der Waals surface area contributed by atoms with E-state index in [-0.39, 0.29) is 17.5 Å². The zero-order valence-corrected chi connectivity index (χ0v) is 26.4. The summed E-state index contributed by atoms with van der Waals surface area (Å²) in [4.78, 5) is 35.7. The highest BCUT2D eigenvalue weighted by Gasteiger charge is 2.28. The maximum Gasteiger partial charge on any atom is 0.265 e. The number of para-hydroxylation sites is 1. The molecule has 1 saturated heterocycles. The number of rotatable bonds is 7. The fourth-order valence-electron chi connectivity index (χ4n) is 5.53. The first-order valence-corrected chi connectivity index (χ1v) is 15.8. The number of benzene rings is 2. The second kappa shape index (κ2) is 12.8. The number of allylic oxidation sites excluding steroid dienone is 1. The van der Waals surface area contributed by atoms with Gasteiger partial charge in [0.05, 0.1) is 28.2 Å². The lowest BCUT2D eigenvalue weighted by Crippen LogP contribution is -2.51. The molecule has 6 nitrogen and oxygen atoms in total. The number of carbonyl (C=O) groups excluding carboxylic acids is 1. The zero-order valence-electron chi connectivity index (χ0n) is 24.8. The summed E-state index contributed by atoms with van der Waals surface area (Å²) in [6.07, 6.45) is 3.48. The van der Waals surface area contributed by atoms with Crippen LogP contribution in [0.25, 0.3) is 33.6 Å². The van der Waals surface area contributed by atoms with Crippen LogP contribution in [0.4, 0.5) is 0 Å². The molecule has 0 aliphatic carbocycles. The van der Waals surface area contributed by atoms with Crippen LogP contribution in [-0.4, -0.2) is 46.0 Å². The molecule has 3 heterocycles. The SMILES string of the molecule is CCc1cccc(CC)c1-n1c(C=C(C)C)c(C(=O)N2CCN[C@H](C)C2)cc(-c2nc(-c3ccc(Cl)cc3)cs2)c1=O. The minimum Gasteiger partial charge on any atom is -0.336 e. The van der Waals surface area contributed by atoms with E-state index in [0.717, 1.165) is 53.0 Å². The number of piperazine rings is 1. The Bertz CT molecular complexity index is 1680. The molecule has 2 aromatic heterocycles. The van der Waals surface area contributed by atoms with Crippen LogP contribution >= 0.6 is 22.9 Å². The van der Waals surface area contributed by atoms with Gasteiger partial charge in [-0.3, -0.25) is 14.2 Å². The van der Waals surface area contributed by atoms with E-state index in [9.17, 15) is 9.59 Å². The standard InChI is InChI=1S/C34H37ClN4O2S/c1-6-23-9-8-10-24(7-2)31(23)39-30(17-21(3)4)27(33(40)38-16-15-36-22(5)19-38)18-28(34(39)41)32-37-29(20-42-32)25-11-13-26(35)14-12-25/h8-14,17-18,20,22,36H,6-7,15-16,19H2,1-5H3/t22-/m1/s1. The minimum absolute atomic E-state index is 0.0765. The highest BCUT2D eigenvalue weighted by atomic mass is 35.5. The van der Waals surface area contributed by atoms with Crippen molar-refractivity contribution in [1.29, 1.82) is 0 Å². The van der Waals surface area contributed by atoms with Crippen LogP contribution < -0.4 is 10.9 Å². The summed E-state index contributed by atoms with van der Waals surface area (Å²) in [7, 11) is 0. The Morgan fingerprint density at radius 1 is 1.12 bits per heavy atom. The normalized spacial score (nSPS) is 15.1. The lowest BCUT2D eigenvalue weighted by molar-refractivity contribution is 0.0708. The quantitative estimate of drug-likeness (QED) is 0.242. The molecular weight excluding hydrogens is 564 g/mol. The monoisotopic (exact) mass is 600 g/mol. The third-order valence-electron chi connectivity index (χ3n) is 7.61. The topological polar surface area (TPSA) is 67.2 Å². The largest absolute Gasteiger partial charge is 0.336 e. The van der Waals surface area contributed by atoms with Gasteiger partial charge in [0, 0.05) is 41.6 Å². The van der Waals surface area contributed by atoms with Gasteiger partial charge in [0.1, 0.15) is 5.01 Å². The maximum absolute atomic E-state index is 14.7. The molecule has 218 valence electrons. The van der Waals surface area contributed by atoms with Crippen LogP contribution in [0.5, 0.6) is 0 Å². The summed E-state index contributed by atoms with van der Waals surface area (Å²) in [6.45, 7) is 12.2. The Balaban J connectivity index is 1.82. The number of amides is 1.